The third-order valence-electron chi connectivity index (χ3n) is 1.57. The Labute approximate surface area is 67.5 Å². The van der Waals surface area contributed by atoms with Gasteiger partial charge in [0.15, 0.2) is 0 Å². The molecular weight excluding hydrogens is 198 g/mol. The van der Waals surface area contributed by atoms with Crippen molar-refractivity contribution in [2.24, 2.45) is 0 Å². The standard InChI is InChI=1S/C6H8BrNO2/c7-8-5(6(9)10)4-2-1-3-4/h2,5,8H,1,3H2,(H,9,10). The molecule has 3 nitrogen and oxygen atoms in total. The van der Waals surface area contributed by atoms with Crippen LogP contribution in [0.1, 0.15) is 12.8 Å². The molecule has 0 amide bonds. The third kappa shape index (κ3) is 1.38. The molecule has 0 aromatic rings. The summed E-state index contributed by atoms with van der Waals surface area (Å²) in [4.78, 5) is 10.4. The molecule has 1 rings (SSSR count). The van der Waals surface area contributed by atoms with E-state index in [1.165, 1.54) is 0 Å². The molecular formula is C6H8BrNO2. The molecule has 0 aromatic heterocycles. The fourth-order valence-corrected chi connectivity index (χ4v) is 1.34. The highest BCUT2D eigenvalue weighted by atomic mass is 79.9. The largest absolute Gasteiger partial charge is 0.480 e. The van der Waals surface area contributed by atoms with Crippen LogP contribution in [0.2, 0.25) is 0 Å². The maximum atomic E-state index is 10.4. The number of carboxylic acid groups (broad SMARTS) is 1. The Bertz CT molecular complexity index is 179. The molecule has 1 unspecified atom stereocenters. The zero-order valence-electron chi connectivity index (χ0n) is 5.30. The summed E-state index contributed by atoms with van der Waals surface area (Å²) in [7, 11) is 0. The number of hydrogen-bond donors (Lipinski definition) is 2. The van der Waals surface area contributed by atoms with Crippen LogP contribution in [0.5, 0.6) is 0 Å². The second-order valence-electron chi connectivity index (χ2n) is 2.20. The van der Waals surface area contributed by atoms with Gasteiger partial charge in [0.05, 0.1) is 0 Å². The summed E-state index contributed by atoms with van der Waals surface area (Å²) >= 11 is 2.92. The first-order valence-electron chi connectivity index (χ1n) is 3.03. The molecule has 0 aliphatic heterocycles. The van der Waals surface area contributed by atoms with E-state index >= 15 is 0 Å². The zero-order valence-corrected chi connectivity index (χ0v) is 6.89. The minimum atomic E-state index is -0.831. The van der Waals surface area contributed by atoms with Gasteiger partial charge in [-0.15, -0.1) is 0 Å². The lowest BCUT2D eigenvalue weighted by Crippen LogP contribution is -2.33. The Morgan fingerprint density at radius 1 is 1.90 bits per heavy atom. The first-order chi connectivity index (χ1) is 4.75. The lowest BCUT2D eigenvalue weighted by molar-refractivity contribution is -0.137. The Morgan fingerprint density at radius 2 is 2.50 bits per heavy atom. The predicted octanol–water partition coefficient (Wildman–Crippen LogP) is 1.06. The van der Waals surface area contributed by atoms with E-state index in [1.54, 1.807) is 0 Å². The quantitative estimate of drug-likeness (QED) is 0.536. The molecule has 56 valence electrons. The average molecular weight is 206 g/mol. The molecule has 0 heterocycles. The molecule has 0 radical (unpaired) electrons. The van der Waals surface area contributed by atoms with Crippen molar-refractivity contribution in [2.75, 3.05) is 0 Å². The van der Waals surface area contributed by atoms with Crippen molar-refractivity contribution in [3.05, 3.63) is 11.6 Å². The zero-order chi connectivity index (χ0) is 7.56. The Morgan fingerprint density at radius 3 is 2.60 bits per heavy atom. The van der Waals surface area contributed by atoms with Crippen LogP contribution in [0, 0.1) is 0 Å². The summed E-state index contributed by atoms with van der Waals surface area (Å²) in [5.41, 5.74) is 0.962. The summed E-state index contributed by atoms with van der Waals surface area (Å²) in [6.07, 6.45) is 3.84. The lowest BCUT2D eigenvalue weighted by atomic mass is 9.93. The van der Waals surface area contributed by atoms with Crippen LogP contribution in [0.4, 0.5) is 0 Å². The van der Waals surface area contributed by atoms with Crippen molar-refractivity contribution < 1.29 is 9.90 Å². The molecule has 0 bridgehead atoms. The topological polar surface area (TPSA) is 49.3 Å². The van der Waals surface area contributed by atoms with Crippen LogP contribution < -0.4 is 4.34 Å². The Hall–Kier alpha value is -0.350. The summed E-state index contributed by atoms with van der Waals surface area (Å²) in [5.74, 6) is -0.831. The first-order valence-corrected chi connectivity index (χ1v) is 3.83. The number of nitrogens with one attached hydrogen (secondary N) is 1. The van der Waals surface area contributed by atoms with Gasteiger partial charge < -0.3 is 5.11 Å². The third-order valence-corrected chi connectivity index (χ3v) is 2.02. The van der Waals surface area contributed by atoms with E-state index in [0.29, 0.717) is 0 Å². The smallest absolute Gasteiger partial charge is 0.325 e. The number of halogens is 1. The van der Waals surface area contributed by atoms with Crippen molar-refractivity contribution in [3.63, 3.8) is 0 Å². The van der Waals surface area contributed by atoms with Crippen LogP contribution in [0.3, 0.4) is 0 Å². The summed E-state index contributed by atoms with van der Waals surface area (Å²) in [6, 6.07) is -0.534. The van der Waals surface area contributed by atoms with Crippen LogP contribution in [0.25, 0.3) is 0 Å². The first kappa shape index (κ1) is 7.75. The van der Waals surface area contributed by atoms with Gasteiger partial charge >= 0.3 is 5.97 Å². The fourth-order valence-electron chi connectivity index (χ4n) is 0.849. The molecule has 10 heavy (non-hydrogen) atoms. The number of aliphatic carboxylic acids is 1. The normalized spacial score (nSPS) is 19.1. The van der Waals surface area contributed by atoms with Crippen molar-refractivity contribution in [2.45, 2.75) is 18.9 Å². The highest BCUT2D eigenvalue weighted by molar-refractivity contribution is 9.08. The molecule has 0 fully saturated rings. The maximum Gasteiger partial charge on any atom is 0.325 e. The van der Waals surface area contributed by atoms with Gasteiger partial charge in [-0.2, -0.15) is 0 Å². The average Bonchev–Trinajstić information content (AvgIpc) is 1.76. The van der Waals surface area contributed by atoms with Gasteiger partial charge in [0.1, 0.15) is 6.04 Å². The van der Waals surface area contributed by atoms with Crippen molar-refractivity contribution in [1.82, 2.24) is 4.34 Å². The molecule has 1 atom stereocenters. The van der Waals surface area contributed by atoms with Crippen molar-refractivity contribution in [3.8, 4) is 0 Å². The van der Waals surface area contributed by atoms with E-state index in [-0.39, 0.29) is 0 Å². The molecule has 1 aliphatic rings. The molecule has 0 saturated heterocycles. The van der Waals surface area contributed by atoms with E-state index in [4.69, 9.17) is 5.11 Å². The SMILES string of the molecule is O=C(O)C(NBr)C1=CCC1. The second kappa shape index (κ2) is 3.16. The molecule has 0 aromatic carbocycles. The fraction of sp³-hybridized carbons (Fsp3) is 0.500. The number of rotatable bonds is 3. The van der Waals surface area contributed by atoms with Gasteiger partial charge in [-0.05, 0) is 18.4 Å². The summed E-state index contributed by atoms with van der Waals surface area (Å²) in [5, 5.41) is 8.58. The lowest BCUT2D eigenvalue weighted by Gasteiger charge is -2.19. The minimum absolute atomic E-state index is 0.534. The Balaban J connectivity index is 2.56. The van der Waals surface area contributed by atoms with Crippen LogP contribution >= 0.6 is 16.1 Å². The van der Waals surface area contributed by atoms with Gasteiger partial charge in [0, 0.05) is 16.1 Å². The monoisotopic (exact) mass is 205 g/mol. The molecule has 2 N–H and O–H groups in total. The van der Waals surface area contributed by atoms with E-state index < -0.39 is 12.0 Å². The van der Waals surface area contributed by atoms with Gasteiger partial charge in [-0.25, -0.2) is 4.34 Å². The number of hydrogen-bond acceptors (Lipinski definition) is 2. The Kier molecular flexibility index (Phi) is 2.45. The predicted molar refractivity (Wildman–Crippen MR) is 40.8 cm³/mol. The van der Waals surface area contributed by atoms with Gasteiger partial charge in [0.2, 0.25) is 0 Å². The summed E-state index contributed by atoms with van der Waals surface area (Å²) < 4.78 is 2.55. The summed E-state index contributed by atoms with van der Waals surface area (Å²) in [6.45, 7) is 0. The molecule has 0 spiro atoms. The number of carbonyl (C=O) groups is 1. The minimum Gasteiger partial charge on any atom is -0.480 e. The number of allylic oxidation sites excluding steroid dienone is 1. The van der Waals surface area contributed by atoms with Crippen molar-refractivity contribution >= 4 is 22.1 Å². The van der Waals surface area contributed by atoms with Crippen molar-refractivity contribution in [1.29, 1.82) is 0 Å². The van der Waals surface area contributed by atoms with Gasteiger partial charge in [0.25, 0.3) is 0 Å². The van der Waals surface area contributed by atoms with E-state index in [9.17, 15) is 4.79 Å². The van der Waals surface area contributed by atoms with E-state index in [1.807, 2.05) is 6.08 Å². The highest BCUT2D eigenvalue weighted by Gasteiger charge is 2.23. The highest BCUT2D eigenvalue weighted by Crippen LogP contribution is 2.21. The molecule has 1 aliphatic carbocycles. The van der Waals surface area contributed by atoms with Gasteiger partial charge in [-0.1, -0.05) is 6.08 Å². The second-order valence-corrected chi connectivity index (χ2v) is 2.66. The molecule has 0 saturated carbocycles. The van der Waals surface area contributed by atoms with Gasteiger partial charge in [-0.3, -0.25) is 4.79 Å². The van der Waals surface area contributed by atoms with Crippen LogP contribution in [0.15, 0.2) is 11.6 Å². The molecule has 4 heteroatoms. The van der Waals surface area contributed by atoms with E-state index in [2.05, 4.69) is 20.5 Å². The van der Waals surface area contributed by atoms with E-state index in [0.717, 1.165) is 18.4 Å². The van der Waals surface area contributed by atoms with Crippen LogP contribution in [-0.4, -0.2) is 17.1 Å². The maximum absolute atomic E-state index is 10.4. The van der Waals surface area contributed by atoms with Crippen LogP contribution in [-0.2, 0) is 4.79 Å². The number of carboxylic acids is 1.